The SMILES string of the molecule is O=C(O)Cc1cccc(NC(=O)c2ccc(-c3ccc4c(c3)OCO4)o2)c1. The van der Waals surface area contributed by atoms with Crippen LogP contribution in [0.1, 0.15) is 16.1 Å². The van der Waals surface area contributed by atoms with Crippen molar-refractivity contribution in [2.75, 3.05) is 12.1 Å². The molecule has 4 rings (SSSR count). The van der Waals surface area contributed by atoms with E-state index < -0.39 is 11.9 Å². The summed E-state index contributed by atoms with van der Waals surface area (Å²) in [5.74, 6) is 0.617. The first-order valence-corrected chi connectivity index (χ1v) is 8.20. The smallest absolute Gasteiger partial charge is 0.307 e. The fourth-order valence-electron chi connectivity index (χ4n) is 2.79. The Morgan fingerprint density at radius 2 is 1.85 bits per heavy atom. The summed E-state index contributed by atoms with van der Waals surface area (Å²) in [7, 11) is 0. The second-order valence-corrected chi connectivity index (χ2v) is 5.96. The van der Waals surface area contributed by atoms with Gasteiger partial charge in [-0.2, -0.15) is 0 Å². The van der Waals surface area contributed by atoms with Crippen LogP contribution in [0.3, 0.4) is 0 Å². The number of fused-ring (bicyclic) bond motifs is 1. The Labute approximate surface area is 154 Å². The van der Waals surface area contributed by atoms with Gasteiger partial charge in [0.2, 0.25) is 6.79 Å². The summed E-state index contributed by atoms with van der Waals surface area (Å²) in [5, 5.41) is 11.6. The molecule has 0 fully saturated rings. The summed E-state index contributed by atoms with van der Waals surface area (Å²) in [6.45, 7) is 0.186. The van der Waals surface area contributed by atoms with E-state index in [0.29, 0.717) is 28.5 Å². The quantitative estimate of drug-likeness (QED) is 0.717. The largest absolute Gasteiger partial charge is 0.481 e. The van der Waals surface area contributed by atoms with Gasteiger partial charge in [0, 0.05) is 11.3 Å². The Balaban J connectivity index is 1.50. The molecule has 2 heterocycles. The van der Waals surface area contributed by atoms with Gasteiger partial charge in [0.1, 0.15) is 5.76 Å². The highest BCUT2D eigenvalue weighted by Crippen LogP contribution is 2.36. The molecule has 1 aliphatic heterocycles. The molecule has 7 heteroatoms. The van der Waals surface area contributed by atoms with E-state index in [9.17, 15) is 9.59 Å². The molecule has 0 unspecified atom stereocenters. The van der Waals surface area contributed by atoms with E-state index in [1.807, 2.05) is 6.07 Å². The summed E-state index contributed by atoms with van der Waals surface area (Å²) in [6.07, 6.45) is -0.112. The molecule has 136 valence electrons. The second-order valence-electron chi connectivity index (χ2n) is 5.96. The number of ether oxygens (including phenoxy) is 2. The lowest BCUT2D eigenvalue weighted by molar-refractivity contribution is -0.136. The van der Waals surface area contributed by atoms with Crippen LogP contribution in [-0.4, -0.2) is 23.8 Å². The fourth-order valence-corrected chi connectivity index (χ4v) is 2.79. The van der Waals surface area contributed by atoms with Crippen LogP contribution in [0.25, 0.3) is 11.3 Å². The van der Waals surface area contributed by atoms with Crippen LogP contribution in [0, 0.1) is 0 Å². The van der Waals surface area contributed by atoms with E-state index in [-0.39, 0.29) is 19.0 Å². The molecule has 27 heavy (non-hydrogen) atoms. The third-order valence-electron chi connectivity index (χ3n) is 4.03. The van der Waals surface area contributed by atoms with E-state index in [4.69, 9.17) is 19.0 Å². The standard InChI is InChI=1S/C20H15NO6/c22-19(23)9-12-2-1-3-14(8-12)21-20(24)17-7-6-15(27-17)13-4-5-16-18(10-13)26-11-25-16/h1-8,10H,9,11H2,(H,21,24)(H,22,23). The molecule has 7 nitrogen and oxygen atoms in total. The van der Waals surface area contributed by atoms with Gasteiger partial charge < -0.3 is 24.3 Å². The number of benzene rings is 2. The van der Waals surface area contributed by atoms with Gasteiger partial charge in [0.15, 0.2) is 17.3 Å². The number of nitrogens with one attached hydrogen (secondary N) is 1. The normalized spacial score (nSPS) is 12.0. The molecule has 2 N–H and O–H groups in total. The van der Waals surface area contributed by atoms with E-state index in [0.717, 1.165) is 5.56 Å². The van der Waals surface area contributed by atoms with Crippen molar-refractivity contribution in [1.29, 1.82) is 0 Å². The predicted octanol–water partition coefficient (Wildman–Crippen LogP) is 3.55. The highest BCUT2D eigenvalue weighted by molar-refractivity contribution is 6.02. The highest BCUT2D eigenvalue weighted by Gasteiger charge is 2.17. The van der Waals surface area contributed by atoms with Crippen LogP contribution in [-0.2, 0) is 11.2 Å². The number of carbonyl (C=O) groups excluding carboxylic acids is 1. The molecule has 1 aliphatic rings. The van der Waals surface area contributed by atoms with E-state index >= 15 is 0 Å². The molecule has 0 radical (unpaired) electrons. The van der Waals surface area contributed by atoms with Crippen molar-refractivity contribution in [3.05, 3.63) is 65.9 Å². The Hall–Kier alpha value is -3.74. The van der Waals surface area contributed by atoms with E-state index in [1.165, 1.54) is 0 Å². The Morgan fingerprint density at radius 1 is 1.00 bits per heavy atom. The summed E-state index contributed by atoms with van der Waals surface area (Å²) in [6, 6.07) is 15.4. The van der Waals surface area contributed by atoms with Crippen LogP contribution in [0.4, 0.5) is 5.69 Å². The Bertz CT molecular complexity index is 1020. The van der Waals surface area contributed by atoms with Crippen molar-refractivity contribution in [2.24, 2.45) is 0 Å². The molecule has 0 atom stereocenters. The van der Waals surface area contributed by atoms with Gasteiger partial charge >= 0.3 is 5.97 Å². The zero-order valence-electron chi connectivity index (χ0n) is 14.1. The van der Waals surface area contributed by atoms with Crippen LogP contribution in [0.5, 0.6) is 11.5 Å². The number of hydrogen-bond donors (Lipinski definition) is 2. The average molecular weight is 365 g/mol. The van der Waals surface area contributed by atoms with Crippen molar-refractivity contribution in [3.63, 3.8) is 0 Å². The zero-order chi connectivity index (χ0) is 18.8. The fraction of sp³-hybridized carbons (Fsp3) is 0.100. The van der Waals surface area contributed by atoms with Crippen LogP contribution in [0.15, 0.2) is 59.0 Å². The lowest BCUT2D eigenvalue weighted by Gasteiger charge is -2.05. The van der Waals surface area contributed by atoms with Crippen molar-refractivity contribution in [3.8, 4) is 22.8 Å². The number of hydrogen-bond acceptors (Lipinski definition) is 5. The van der Waals surface area contributed by atoms with Crippen LogP contribution >= 0.6 is 0 Å². The third kappa shape index (κ3) is 3.62. The lowest BCUT2D eigenvalue weighted by Crippen LogP contribution is -2.11. The predicted molar refractivity (Wildman–Crippen MR) is 96.0 cm³/mol. The highest BCUT2D eigenvalue weighted by atomic mass is 16.7. The molecular formula is C20H15NO6. The maximum Gasteiger partial charge on any atom is 0.307 e. The minimum absolute atomic E-state index is 0.112. The third-order valence-corrected chi connectivity index (χ3v) is 4.03. The number of carboxylic acid groups (broad SMARTS) is 1. The number of furan rings is 1. The first-order valence-electron chi connectivity index (χ1n) is 8.20. The molecule has 0 aliphatic carbocycles. The summed E-state index contributed by atoms with van der Waals surface area (Å²) in [5.41, 5.74) is 1.86. The molecule has 0 saturated carbocycles. The van der Waals surface area contributed by atoms with Crippen molar-refractivity contribution >= 4 is 17.6 Å². The molecule has 0 spiro atoms. The summed E-state index contributed by atoms with van der Waals surface area (Å²) in [4.78, 5) is 23.2. The van der Waals surface area contributed by atoms with E-state index in [1.54, 1.807) is 48.5 Å². The van der Waals surface area contributed by atoms with Gasteiger partial charge in [-0.15, -0.1) is 0 Å². The number of rotatable bonds is 5. The van der Waals surface area contributed by atoms with Gasteiger partial charge in [-0.25, -0.2) is 0 Å². The lowest BCUT2D eigenvalue weighted by atomic mass is 10.1. The van der Waals surface area contributed by atoms with Crippen molar-refractivity contribution < 1.29 is 28.6 Å². The number of amides is 1. The minimum Gasteiger partial charge on any atom is -0.481 e. The zero-order valence-corrected chi connectivity index (χ0v) is 14.1. The Morgan fingerprint density at radius 3 is 2.70 bits per heavy atom. The van der Waals surface area contributed by atoms with E-state index in [2.05, 4.69) is 5.32 Å². The molecule has 3 aromatic rings. The number of carboxylic acids is 1. The molecule has 0 saturated heterocycles. The van der Waals surface area contributed by atoms with Gasteiger partial charge in [0.25, 0.3) is 5.91 Å². The number of anilines is 1. The second kappa shape index (κ2) is 6.87. The summed E-state index contributed by atoms with van der Waals surface area (Å²) >= 11 is 0. The minimum atomic E-state index is -0.933. The van der Waals surface area contributed by atoms with Crippen LogP contribution < -0.4 is 14.8 Å². The van der Waals surface area contributed by atoms with Crippen molar-refractivity contribution in [1.82, 2.24) is 0 Å². The monoisotopic (exact) mass is 365 g/mol. The number of carbonyl (C=O) groups is 2. The Kier molecular flexibility index (Phi) is 4.25. The maximum atomic E-state index is 12.4. The maximum absolute atomic E-state index is 12.4. The van der Waals surface area contributed by atoms with Crippen LogP contribution in [0.2, 0.25) is 0 Å². The van der Waals surface area contributed by atoms with Gasteiger partial charge in [-0.1, -0.05) is 12.1 Å². The number of aliphatic carboxylic acids is 1. The van der Waals surface area contributed by atoms with Gasteiger partial charge in [-0.05, 0) is 48.0 Å². The molecule has 1 aromatic heterocycles. The van der Waals surface area contributed by atoms with Gasteiger partial charge in [-0.3, -0.25) is 9.59 Å². The van der Waals surface area contributed by atoms with Gasteiger partial charge in [0.05, 0.1) is 6.42 Å². The molecular weight excluding hydrogens is 350 g/mol. The molecule has 0 bridgehead atoms. The molecule has 2 aromatic carbocycles. The summed E-state index contributed by atoms with van der Waals surface area (Å²) < 4.78 is 16.3. The topological polar surface area (TPSA) is 98.0 Å². The van der Waals surface area contributed by atoms with Crippen molar-refractivity contribution in [2.45, 2.75) is 6.42 Å². The molecule has 1 amide bonds. The first kappa shape index (κ1) is 16.7. The first-order chi connectivity index (χ1) is 13.1. The average Bonchev–Trinajstić information content (AvgIpc) is 3.30.